The summed E-state index contributed by atoms with van der Waals surface area (Å²) in [6.45, 7) is -1.20. The highest BCUT2D eigenvalue weighted by Gasteiger charge is 2.31. The van der Waals surface area contributed by atoms with Crippen molar-refractivity contribution in [3.63, 3.8) is 0 Å². The molecular weight excluding hydrogens is 397 g/mol. The molecule has 0 fully saturated rings. The zero-order valence-corrected chi connectivity index (χ0v) is 15.5. The topological polar surface area (TPSA) is 121 Å². The summed E-state index contributed by atoms with van der Waals surface area (Å²) in [5, 5.41) is 6.78. The van der Waals surface area contributed by atoms with Crippen molar-refractivity contribution in [3.8, 4) is 11.4 Å². The van der Waals surface area contributed by atoms with Gasteiger partial charge in [-0.1, -0.05) is 6.07 Å². The summed E-state index contributed by atoms with van der Waals surface area (Å²) in [7, 11) is 0. The SMILES string of the molecule is NC1=CC(N)(c2ccnc(-c3cnn(CC(F)(F)F)c3)n2)NC=C1c1ccccn1. The van der Waals surface area contributed by atoms with Crippen LogP contribution in [0.25, 0.3) is 17.0 Å². The molecule has 4 rings (SSSR count). The lowest BCUT2D eigenvalue weighted by molar-refractivity contribution is -0.142. The zero-order valence-electron chi connectivity index (χ0n) is 15.5. The first kappa shape index (κ1) is 19.6. The summed E-state index contributed by atoms with van der Waals surface area (Å²) in [6.07, 6.45) is 4.51. The van der Waals surface area contributed by atoms with Gasteiger partial charge in [0.05, 0.1) is 23.1 Å². The summed E-state index contributed by atoms with van der Waals surface area (Å²) in [5.41, 5.74) is 13.9. The van der Waals surface area contributed by atoms with Gasteiger partial charge in [-0.05, 0) is 24.3 Å². The number of alkyl halides is 3. The van der Waals surface area contributed by atoms with Gasteiger partial charge in [-0.25, -0.2) is 9.97 Å². The second-order valence-corrected chi connectivity index (χ2v) is 6.69. The lowest BCUT2D eigenvalue weighted by atomic mass is 9.97. The van der Waals surface area contributed by atoms with Gasteiger partial charge in [0.15, 0.2) is 11.5 Å². The second kappa shape index (κ2) is 7.26. The number of nitrogens with two attached hydrogens (primary N) is 2. The Kier molecular flexibility index (Phi) is 4.74. The zero-order chi connectivity index (χ0) is 21.4. The number of aromatic nitrogens is 5. The minimum Gasteiger partial charge on any atom is -0.398 e. The van der Waals surface area contributed by atoms with Crippen molar-refractivity contribution in [3.05, 3.63) is 78.4 Å². The van der Waals surface area contributed by atoms with E-state index in [-0.39, 0.29) is 5.82 Å². The van der Waals surface area contributed by atoms with Crippen LogP contribution in [0.3, 0.4) is 0 Å². The van der Waals surface area contributed by atoms with Crippen LogP contribution >= 0.6 is 0 Å². The minimum atomic E-state index is -4.38. The third kappa shape index (κ3) is 4.01. The van der Waals surface area contributed by atoms with Crippen molar-refractivity contribution in [1.29, 1.82) is 0 Å². The molecule has 0 saturated carbocycles. The largest absolute Gasteiger partial charge is 0.408 e. The van der Waals surface area contributed by atoms with Crippen LogP contribution in [0, 0.1) is 0 Å². The van der Waals surface area contributed by atoms with Gasteiger partial charge in [0.25, 0.3) is 0 Å². The molecule has 154 valence electrons. The first-order valence-corrected chi connectivity index (χ1v) is 8.83. The van der Waals surface area contributed by atoms with Crippen LogP contribution in [0.5, 0.6) is 0 Å². The van der Waals surface area contributed by atoms with Gasteiger partial charge < -0.3 is 16.8 Å². The predicted octanol–water partition coefficient (Wildman–Crippen LogP) is 1.90. The summed E-state index contributed by atoms with van der Waals surface area (Å²) in [4.78, 5) is 12.8. The first-order chi connectivity index (χ1) is 14.2. The van der Waals surface area contributed by atoms with E-state index in [2.05, 4.69) is 25.4 Å². The molecule has 0 aromatic carbocycles. The van der Waals surface area contributed by atoms with E-state index in [0.717, 1.165) is 4.68 Å². The highest BCUT2D eigenvalue weighted by Crippen LogP contribution is 2.28. The average molecular weight is 414 g/mol. The van der Waals surface area contributed by atoms with Gasteiger partial charge in [0.1, 0.15) is 6.54 Å². The van der Waals surface area contributed by atoms with Gasteiger partial charge >= 0.3 is 6.18 Å². The van der Waals surface area contributed by atoms with Crippen molar-refractivity contribution in [1.82, 2.24) is 30.0 Å². The molecule has 0 amide bonds. The molecule has 30 heavy (non-hydrogen) atoms. The van der Waals surface area contributed by atoms with Crippen molar-refractivity contribution in [2.75, 3.05) is 0 Å². The Morgan fingerprint density at radius 3 is 2.67 bits per heavy atom. The van der Waals surface area contributed by atoms with Crippen LogP contribution < -0.4 is 16.8 Å². The van der Waals surface area contributed by atoms with Crippen LogP contribution in [0.4, 0.5) is 13.2 Å². The van der Waals surface area contributed by atoms with Gasteiger partial charge in [0, 0.05) is 36.1 Å². The Morgan fingerprint density at radius 2 is 1.97 bits per heavy atom. The van der Waals surface area contributed by atoms with Crippen LogP contribution in [-0.2, 0) is 12.2 Å². The molecule has 0 radical (unpaired) electrons. The monoisotopic (exact) mass is 414 g/mol. The van der Waals surface area contributed by atoms with E-state index in [1.165, 1.54) is 18.6 Å². The van der Waals surface area contributed by atoms with Crippen molar-refractivity contribution < 1.29 is 13.2 Å². The summed E-state index contributed by atoms with van der Waals surface area (Å²) in [5.74, 6) is 0.194. The summed E-state index contributed by atoms with van der Waals surface area (Å²) >= 11 is 0. The number of allylic oxidation sites excluding steroid dienone is 1. The first-order valence-electron chi connectivity index (χ1n) is 8.83. The maximum Gasteiger partial charge on any atom is 0.408 e. The van der Waals surface area contributed by atoms with E-state index in [1.807, 2.05) is 12.1 Å². The molecule has 0 aliphatic carbocycles. The number of halogens is 3. The number of hydrogen-bond donors (Lipinski definition) is 3. The number of dihydropyridines is 1. The van der Waals surface area contributed by atoms with E-state index in [0.29, 0.717) is 28.2 Å². The Balaban J connectivity index is 1.61. The van der Waals surface area contributed by atoms with Crippen LogP contribution in [0.15, 0.2) is 67.0 Å². The molecule has 1 atom stereocenters. The normalized spacial score (nSPS) is 19.1. The molecule has 1 aliphatic heterocycles. The van der Waals surface area contributed by atoms with E-state index in [4.69, 9.17) is 11.5 Å². The van der Waals surface area contributed by atoms with Crippen molar-refractivity contribution in [2.45, 2.75) is 18.4 Å². The Labute approximate surface area is 169 Å². The third-order valence-corrected chi connectivity index (χ3v) is 4.40. The fourth-order valence-corrected chi connectivity index (χ4v) is 3.01. The fraction of sp³-hybridized carbons (Fsp3) is 0.158. The Morgan fingerprint density at radius 1 is 1.13 bits per heavy atom. The standard InChI is InChI=1S/C19H17F3N8/c20-19(21,22)11-30-10-12(8-28-30)17-26-6-4-16(29-17)18(24)7-14(23)13(9-27-18)15-3-1-2-5-25-15/h1-10,27H,11,23-24H2. The highest BCUT2D eigenvalue weighted by atomic mass is 19.4. The average Bonchev–Trinajstić information content (AvgIpc) is 3.15. The van der Waals surface area contributed by atoms with Gasteiger partial charge in [0.2, 0.25) is 0 Å². The summed E-state index contributed by atoms with van der Waals surface area (Å²) < 4.78 is 38.4. The van der Waals surface area contributed by atoms with Gasteiger partial charge in [-0.2, -0.15) is 18.3 Å². The molecule has 3 aromatic rings. The third-order valence-electron chi connectivity index (χ3n) is 4.40. The smallest absolute Gasteiger partial charge is 0.398 e. The van der Waals surface area contributed by atoms with Crippen molar-refractivity contribution in [2.24, 2.45) is 11.5 Å². The molecule has 5 N–H and O–H groups in total. The Bertz CT molecular complexity index is 1120. The van der Waals surface area contributed by atoms with E-state index < -0.39 is 18.4 Å². The molecule has 11 heteroatoms. The van der Waals surface area contributed by atoms with Crippen LogP contribution in [0.1, 0.15) is 11.4 Å². The second-order valence-electron chi connectivity index (χ2n) is 6.69. The fourth-order valence-electron chi connectivity index (χ4n) is 3.01. The molecule has 8 nitrogen and oxygen atoms in total. The van der Waals surface area contributed by atoms with E-state index in [1.54, 1.807) is 30.6 Å². The highest BCUT2D eigenvalue weighted by molar-refractivity contribution is 5.77. The molecule has 3 aromatic heterocycles. The van der Waals surface area contributed by atoms with Gasteiger partial charge in [-0.15, -0.1) is 0 Å². The molecular formula is C19H17F3N8. The molecule has 0 bridgehead atoms. The van der Waals surface area contributed by atoms with Gasteiger partial charge in [-0.3, -0.25) is 9.67 Å². The van der Waals surface area contributed by atoms with Crippen LogP contribution in [-0.4, -0.2) is 30.9 Å². The maximum atomic E-state index is 12.6. The van der Waals surface area contributed by atoms with E-state index in [9.17, 15) is 13.2 Å². The van der Waals surface area contributed by atoms with Crippen LogP contribution in [0.2, 0.25) is 0 Å². The number of nitrogens with zero attached hydrogens (tertiary/aromatic N) is 5. The number of nitrogens with one attached hydrogen (secondary N) is 1. The Hall–Kier alpha value is -3.73. The molecule has 0 saturated heterocycles. The molecule has 4 heterocycles. The number of pyridine rings is 1. The lowest BCUT2D eigenvalue weighted by Gasteiger charge is -2.31. The summed E-state index contributed by atoms with van der Waals surface area (Å²) in [6, 6.07) is 7.06. The lowest BCUT2D eigenvalue weighted by Crippen LogP contribution is -2.49. The molecule has 0 spiro atoms. The van der Waals surface area contributed by atoms with E-state index >= 15 is 0 Å². The number of hydrogen-bond acceptors (Lipinski definition) is 7. The molecule has 1 unspecified atom stereocenters. The predicted molar refractivity (Wildman–Crippen MR) is 103 cm³/mol. The number of rotatable bonds is 4. The van der Waals surface area contributed by atoms with Crippen molar-refractivity contribution >= 4 is 5.57 Å². The maximum absolute atomic E-state index is 12.6. The minimum absolute atomic E-state index is 0.194. The quantitative estimate of drug-likeness (QED) is 0.596. The molecule has 1 aliphatic rings.